The lowest BCUT2D eigenvalue weighted by molar-refractivity contribution is -0.191. The third-order valence-electron chi connectivity index (χ3n) is 1.85. The molecule has 0 aromatic heterocycles. The van der Waals surface area contributed by atoms with E-state index in [0.717, 1.165) is 0 Å². The van der Waals surface area contributed by atoms with Gasteiger partial charge in [0.05, 0.1) is 13.5 Å². The number of hydrogen-bond donors (Lipinski definition) is 1. The first-order valence-electron chi connectivity index (χ1n) is 5.75. The second-order valence-electron chi connectivity index (χ2n) is 4.61. The van der Waals surface area contributed by atoms with Crippen molar-refractivity contribution in [3.63, 3.8) is 0 Å². The Balaban J connectivity index is 0. The second-order valence-corrected chi connectivity index (χ2v) is 4.61. The Morgan fingerprint density at radius 1 is 1.26 bits per heavy atom. The predicted octanol–water partition coefficient (Wildman–Crippen LogP) is 1.27. The number of amides is 1. The molecule has 0 aliphatic heterocycles. The average Bonchev–Trinajstić information content (AvgIpc) is 2.26. The van der Waals surface area contributed by atoms with Gasteiger partial charge in [0.15, 0.2) is 0 Å². The van der Waals surface area contributed by atoms with Crippen molar-refractivity contribution >= 4 is 18.2 Å². The van der Waals surface area contributed by atoms with Gasteiger partial charge in [-0.25, -0.2) is 4.79 Å². The Kier molecular flexibility index (Phi) is 10.3. The largest absolute Gasteiger partial charge is 0.469 e. The number of carbonyl (C=O) groups excluding carboxylic acids is 4. The summed E-state index contributed by atoms with van der Waals surface area (Å²) >= 11 is 0. The highest BCUT2D eigenvalue weighted by molar-refractivity contribution is 5.72. The van der Waals surface area contributed by atoms with Crippen molar-refractivity contribution in [2.24, 2.45) is 0 Å². The molecule has 0 fully saturated rings. The summed E-state index contributed by atoms with van der Waals surface area (Å²) in [6.07, 6.45) is 0.545. The van der Waals surface area contributed by atoms with E-state index < -0.39 is 11.7 Å². The normalized spacial score (nSPS) is 11.2. The van der Waals surface area contributed by atoms with Crippen LogP contribution in [0.4, 0.5) is 4.79 Å². The summed E-state index contributed by atoms with van der Waals surface area (Å²) in [5.74, 6) is -0.345. The van der Waals surface area contributed by atoms with E-state index in [1.54, 1.807) is 20.8 Å². The molecule has 0 radical (unpaired) electrons. The topological polar surface area (TPSA) is 98.8 Å². The van der Waals surface area contributed by atoms with E-state index in [1.807, 2.05) is 6.92 Å². The molecule has 7 heteroatoms. The van der Waals surface area contributed by atoms with Gasteiger partial charge in [-0.3, -0.25) is 4.79 Å². The lowest BCUT2D eigenvalue weighted by atomic mass is 10.1. The highest BCUT2D eigenvalue weighted by Crippen LogP contribution is 2.08. The first kappa shape index (κ1) is 19.5. The molecule has 0 heterocycles. The van der Waals surface area contributed by atoms with E-state index in [9.17, 15) is 9.59 Å². The maximum atomic E-state index is 11.4. The molecule has 0 aliphatic rings. The fourth-order valence-electron chi connectivity index (χ4n) is 1.06. The quantitative estimate of drug-likeness (QED) is 0.776. The number of hydrogen-bond acceptors (Lipinski definition) is 6. The summed E-state index contributed by atoms with van der Waals surface area (Å²) in [5.41, 5.74) is -0.534. The Labute approximate surface area is 112 Å². The fraction of sp³-hybridized carbons (Fsp3) is 0.750. The van der Waals surface area contributed by atoms with Gasteiger partial charge in [0, 0.05) is 6.04 Å². The zero-order valence-corrected chi connectivity index (χ0v) is 11.9. The fourth-order valence-corrected chi connectivity index (χ4v) is 1.06. The maximum absolute atomic E-state index is 11.4. The van der Waals surface area contributed by atoms with Crippen molar-refractivity contribution in [2.75, 3.05) is 7.11 Å². The number of carbonyl (C=O) groups is 2. The number of rotatable bonds is 4. The molecule has 0 rings (SSSR count). The Morgan fingerprint density at radius 2 is 1.74 bits per heavy atom. The Morgan fingerprint density at radius 3 is 2.05 bits per heavy atom. The molecule has 1 unspecified atom stereocenters. The van der Waals surface area contributed by atoms with Gasteiger partial charge in [0.1, 0.15) is 5.60 Å². The van der Waals surface area contributed by atoms with Crippen LogP contribution in [0.25, 0.3) is 0 Å². The minimum Gasteiger partial charge on any atom is -0.469 e. The van der Waals surface area contributed by atoms with Crippen molar-refractivity contribution in [3.8, 4) is 0 Å². The molecule has 0 saturated heterocycles. The average molecular weight is 275 g/mol. The van der Waals surface area contributed by atoms with Gasteiger partial charge < -0.3 is 14.8 Å². The highest BCUT2D eigenvalue weighted by Gasteiger charge is 2.20. The maximum Gasteiger partial charge on any atom is 0.407 e. The van der Waals surface area contributed by atoms with Crippen molar-refractivity contribution in [1.82, 2.24) is 5.32 Å². The van der Waals surface area contributed by atoms with Gasteiger partial charge in [-0.05, 0) is 27.2 Å². The van der Waals surface area contributed by atoms with Gasteiger partial charge in [-0.1, -0.05) is 6.92 Å². The number of nitrogens with one attached hydrogen (secondary N) is 1. The zero-order chi connectivity index (χ0) is 15.5. The van der Waals surface area contributed by atoms with Gasteiger partial charge in [-0.2, -0.15) is 9.59 Å². The molecule has 1 amide bonds. The van der Waals surface area contributed by atoms with Crippen molar-refractivity contribution in [2.45, 2.75) is 52.2 Å². The van der Waals surface area contributed by atoms with Crippen LogP contribution in [0.15, 0.2) is 0 Å². The summed E-state index contributed by atoms with van der Waals surface area (Å²) in [7, 11) is 1.32. The van der Waals surface area contributed by atoms with Crippen molar-refractivity contribution < 1.29 is 28.7 Å². The number of alkyl carbamates (subject to hydrolysis) is 1. The Bertz CT molecular complexity index is 315. The standard InChI is InChI=1S/C11H21NO4.CO2/c1-6-8(7-9(13)15-5)12-10(14)16-11(2,3)4;2-1-3/h8H,6-7H2,1-5H3,(H,12,14);. The Hall–Kier alpha value is -1.88. The van der Waals surface area contributed by atoms with Crippen LogP contribution in [-0.2, 0) is 23.9 Å². The van der Waals surface area contributed by atoms with Crippen LogP contribution in [0, 0.1) is 0 Å². The molecule has 1 N–H and O–H groups in total. The van der Waals surface area contributed by atoms with E-state index >= 15 is 0 Å². The third kappa shape index (κ3) is 14.1. The summed E-state index contributed by atoms with van der Waals surface area (Å²) in [6, 6.07) is -0.248. The minimum absolute atomic E-state index is 0.159. The molecule has 0 spiro atoms. The number of ether oxygens (including phenoxy) is 2. The zero-order valence-electron chi connectivity index (χ0n) is 11.9. The molecule has 0 aromatic carbocycles. The molecule has 0 saturated carbocycles. The van der Waals surface area contributed by atoms with E-state index in [1.165, 1.54) is 7.11 Å². The first-order chi connectivity index (χ1) is 8.69. The predicted molar refractivity (Wildman–Crippen MR) is 65.1 cm³/mol. The van der Waals surface area contributed by atoms with Crippen LogP contribution in [0.3, 0.4) is 0 Å². The van der Waals surface area contributed by atoms with Crippen LogP contribution in [-0.4, -0.2) is 37.0 Å². The first-order valence-corrected chi connectivity index (χ1v) is 5.75. The number of esters is 1. The molecule has 0 aliphatic carbocycles. The summed E-state index contributed by atoms with van der Waals surface area (Å²) in [4.78, 5) is 38.7. The van der Waals surface area contributed by atoms with E-state index in [0.29, 0.717) is 6.42 Å². The van der Waals surface area contributed by atoms with Crippen LogP contribution in [0.2, 0.25) is 0 Å². The molecule has 1 atom stereocenters. The SMILES string of the molecule is CCC(CC(=O)OC)NC(=O)OC(C)(C)C.O=C=O. The molecule has 0 aromatic rings. The summed E-state index contributed by atoms with van der Waals surface area (Å²) < 4.78 is 9.62. The molecular weight excluding hydrogens is 254 g/mol. The highest BCUT2D eigenvalue weighted by atomic mass is 16.6. The summed E-state index contributed by atoms with van der Waals surface area (Å²) in [5, 5.41) is 2.63. The van der Waals surface area contributed by atoms with Crippen LogP contribution < -0.4 is 5.32 Å². The van der Waals surface area contributed by atoms with Crippen molar-refractivity contribution in [3.05, 3.63) is 0 Å². The van der Waals surface area contributed by atoms with E-state index in [2.05, 4.69) is 10.1 Å². The lowest BCUT2D eigenvalue weighted by Gasteiger charge is -2.22. The van der Waals surface area contributed by atoms with Crippen LogP contribution >= 0.6 is 0 Å². The second kappa shape index (κ2) is 10.1. The van der Waals surface area contributed by atoms with Crippen molar-refractivity contribution in [1.29, 1.82) is 0 Å². The van der Waals surface area contributed by atoms with Crippen LogP contribution in [0.1, 0.15) is 40.5 Å². The van der Waals surface area contributed by atoms with Gasteiger partial charge >= 0.3 is 18.2 Å². The van der Waals surface area contributed by atoms with Gasteiger partial charge in [0.25, 0.3) is 0 Å². The lowest BCUT2D eigenvalue weighted by Crippen LogP contribution is -2.40. The summed E-state index contributed by atoms with van der Waals surface area (Å²) in [6.45, 7) is 7.24. The molecule has 0 bridgehead atoms. The van der Waals surface area contributed by atoms with E-state index in [4.69, 9.17) is 14.3 Å². The number of methoxy groups -OCH3 is 1. The molecule has 7 nitrogen and oxygen atoms in total. The van der Waals surface area contributed by atoms with E-state index in [-0.39, 0.29) is 24.6 Å². The smallest absolute Gasteiger partial charge is 0.407 e. The van der Waals surface area contributed by atoms with Gasteiger partial charge in [-0.15, -0.1) is 0 Å². The molecule has 19 heavy (non-hydrogen) atoms. The minimum atomic E-state index is -0.534. The molecular formula is C12H21NO6. The third-order valence-corrected chi connectivity index (χ3v) is 1.85. The van der Waals surface area contributed by atoms with Gasteiger partial charge in [0.2, 0.25) is 0 Å². The monoisotopic (exact) mass is 275 g/mol. The van der Waals surface area contributed by atoms with Crippen LogP contribution in [0.5, 0.6) is 0 Å². The molecule has 110 valence electrons.